The Kier molecular flexibility index (Phi) is 4.62. The average Bonchev–Trinajstić information content (AvgIpc) is 3.19. The lowest BCUT2D eigenvalue weighted by Crippen LogP contribution is -2.19. The molecule has 2 aliphatic rings. The van der Waals surface area contributed by atoms with Gasteiger partial charge in [-0.1, -0.05) is 17.8 Å². The summed E-state index contributed by atoms with van der Waals surface area (Å²) in [6.45, 7) is 2.16. The first-order chi connectivity index (χ1) is 10.8. The zero-order valence-corrected chi connectivity index (χ0v) is 13.2. The molecule has 1 aromatic rings. The first-order valence-electron chi connectivity index (χ1n) is 7.23. The highest BCUT2D eigenvalue weighted by Gasteiger charge is 2.17. The van der Waals surface area contributed by atoms with E-state index in [0.29, 0.717) is 10.9 Å². The Morgan fingerprint density at radius 3 is 2.86 bits per heavy atom. The molecule has 0 atom stereocenters. The third-order valence-corrected chi connectivity index (χ3v) is 4.46. The van der Waals surface area contributed by atoms with Crippen molar-refractivity contribution in [3.05, 3.63) is 23.8 Å². The van der Waals surface area contributed by atoms with Gasteiger partial charge < -0.3 is 15.0 Å². The number of hydrogen-bond donors (Lipinski definition) is 1. The molecule has 2 fully saturated rings. The second-order valence-electron chi connectivity index (χ2n) is 5.11. The van der Waals surface area contributed by atoms with Gasteiger partial charge in [-0.15, -0.1) is 5.10 Å². The van der Waals surface area contributed by atoms with Crippen LogP contribution in [0.5, 0.6) is 5.75 Å². The summed E-state index contributed by atoms with van der Waals surface area (Å²) in [6, 6.07) is 6.02. The van der Waals surface area contributed by atoms with Gasteiger partial charge in [-0.3, -0.25) is 4.79 Å². The third-order valence-electron chi connectivity index (χ3n) is 3.59. The molecule has 3 rings (SSSR count). The lowest BCUT2D eigenvalue weighted by atomic mass is 10.2. The van der Waals surface area contributed by atoms with Crippen LogP contribution in [-0.4, -0.2) is 43.2 Å². The SMILES string of the molecule is COc1cc(C=NN=C2NC(=O)CS2)ccc1N1CCCC1. The molecule has 0 bridgehead atoms. The van der Waals surface area contributed by atoms with Crippen LogP contribution in [0.3, 0.4) is 0 Å². The predicted molar refractivity (Wildman–Crippen MR) is 90.1 cm³/mol. The molecule has 0 aromatic heterocycles. The summed E-state index contributed by atoms with van der Waals surface area (Å²) < 4.78 is 5.49. The van der Waals surface area contributed by atoms with Crippen LogP contribution >= 0.6 is 11.8 Å². The van der Waals surface area contributed by atoms with Crippen LogP contribution in [-0.2, 0) is 4.79 Å². The molecule has 22 heavy (non-hydrogen) atoms. The van der Waals surface area contributed by atoms with Crippen molar-refractivity contribution in [3.63, 3.8) is 0 Å². The van der Waals surface area contributed by atoms with Gasteiger partial charge >= 0.3 is 0 Å². The van der Waals surface area contributed by atoms with E-state index in [-0.39, 0.29) is 5.91 Å². The van der Waals surface area contributed by atoms with E-state index in [4.69, 9.17) is 4.74 Å². The van der Waals surface area contributed by atoms with Crippen LogP contribution in [0, 0.1) is 0 Å². The van der Waals surface area contributed by atoms with E-state index in [0.717, 1.165) is 30.1 Å². The van der Waals surface area contributed by atoms with Gasteiger partial charge in [0.15, 0.2) is 5.17 Å². The third kappa shape index (κ3) is 3.41. The number of amidine groups is 1. The summed E-state index contributed by atoms with van der Waals surface area (Å²) in [4.78, 5) is 13.4. The van der Waals surface area contributed by atoms with E-state index >= 15 is 0 Å². The molecular weight excluding hydrogens is 300 g/mol. The normalized spacial score (nSPS) is 20.1. The number of rotatable bonds is 4. The maximum Gasteiger partial charge on any atom is 0.236 e. The average molecular weight is 318 g/mol. The number of anilines is 1. The Balaban J connectivity index is 1.73. The predicted octanol–water partition coefficient (Wildman–Crippen LogP) is 1.85. The number of carbonyl (C=O) groups is 1. The molecular formula is C15H18N4O2S. The fourth-order valence-corrected chi connectivity index (χ4v) is 3.15. The first-order valence-corrected chi connectivity index (χ1v) is 8.21. The molecule has 1 amide bonds. The smallest absolute Gasteiger partial charge is 0.236 e. The Hall–Kier alpha value is -2.02. The number of nitrogens with zero attached hydrogens (tertiary/aromatic N) is 3. The van der Waals surface area contributed by atoms with E-state index < -0.39 is 0 Å². The zero-order chi connectivity index (χ0) is 15.4. The van der Waals surface area contributed by atoms with Crippen LogP contribution in [0.4, 0.5) is 5.69 Å². The molecule has 0 spiro atoms. The fourth-order valence-electron chi connectivity index (χ4n) is 2.52. The molecule has 0 radical (unpaired) electrons. The van der Waals surface area contributed by atoms with Crippen molar-refractivity contribution in [1.29, 1.82) is 0 Å². The Bertz CT molecular complexity index is 624. The van der Waals surface area contributed by atoms with Gasteiger partial charge in [0.25, 0.3) is 0 Å². The summed E-state index contributed by atoms with van der Waals surface area (Å²) in [6.07, 6.45) is 4.12. The number of carbonyl (C=O) groups excluding carboxylic acids is 1. The summed E-state index contributed by atoms with van der Waals surface area (Å²) >= 11 is 1.36. The van der Waals surface area contributed by atoms with E-state index in [2.05, 4.69) is 26.5 Å². The van der Waals surface area contributed by atoms with Crippen molar-refractivity contribution in [2.45, 2.75) is 12.8 Å². The van der Waals surface area contributed by atoms with Crippen LogP contribution in [0.1, 0.15) is 18.4 Å². The number of ether oxygens (including phenoxy) is 1. The van der Waals surface area contributed by atoms with Crippen molar-refractivity contribution in [1.82, 2.24) is 5.32 Å². The molecule has 1 N–H and O–H groups in total. The molecule has 6 nitrogen and oxygen atoms in total. The number of methoxy groups -OCH3 is 1. The van der Waals surface area contributed by atoms with Crippen LogP contribution in [0.2, 0.25) is 0 Å². The van der Waals surface area contributed by atoms with Gasteiger partial charge in [0, 0.05) is 13.1 Å². The minimum absolute atomic E-state index is 0.0319. The largest absolute Gasteiger partial charge is 0.495 e. The molecule has 2 heterocycles. The molecule has 0 unspecified atom stereocenters. The number of hydrogen-bond acceptors (Lipinski definition) is 6. The summed E-state index contributed by atoms with van der Waals surface area (Å²) in [5.74, 6) is 1.23. The summed E-state index contributed by atoms with van der Waals surface area (Å²) in [7, 11) is 1.68. The van der Waals surface area contributed by atoms with E-state index in [1.54, 1.807) is 13.3 Å². The van der Waals surface area contributed by atoms with Gasteiger partial charge in [0.2, 0.25) is 5.91 Å². The molecule has 7 heteroatoms. The summed E-state index contributed by atoms with van der Waals surface area (Å²) in [5, 5.41) is 11.2. The fraction of sp³-hybridized carbons (Fsp3) is 0.400. The second-order valence-corrected chi connectivity index (χ2v) is 6.08. The Morgan fingerprint density at radius 1 is 1.36 bits per heavy atom. The van der Waals surface area contributed by atoms with Gasteiger partial charge in [-0.05, 0) is 30.5 Å². The molecule has 0 aliphatic carbocycles. The maximum absolute atomic E-state index is 11.0. The van der Waals surface area contributed by atoms with Crippen LogP contribution in [0.15, 0.2) is 28.4 Å². The van der Waals surface area contributed by atoms with E-state index in [1.807, 2.05) is 12.1 Å². The molecule has 0 saturated carbocycles. The molecule has 116 valence electrons. The topological polar surface area (TPSA) is 66.3 Å². The van der Waals surface area contributed by atoms with Crippen molar-refractivity contribution >= 4 is 34.7 Å². The lowest BCUT2D eigenvalue weighted by molar-refractivity contribution is -0.116. The van der Waals surface area contributed by atoms with Gasteiger partial charge in [-0.25, -0.2) is 0 Å². The highest BCUT2D eigenvalue weighted by molar-refractivity contribution is 8.15. The molecule has 2 aliphatic heterocycles. The number of amides is 1. The van der Waals surface area contributed by atoms with Crippen molar-refractivity contribution < 1.29 is 9.53 Å². The van der Waals surface area contributed by atoms with Gasteiger partial charge in [-0.2, -0.15) is 5.10 Å². The Morgan fingerprint density at radius 2 is 2.18 bits per heavy atom. The minimum atomic E-state index is -0.0319. The first kappa shape index (κ1) is 14.9. The lowest BCUT2D eigenvalue weighted by Gasteiger charge is -2.20. The highest BCUT2D eigenvalue weighted by Crippen LogP contribution is 2.31. The Labute approximate surface area is 133 Å². The van der Waals surface area contributed by atoms with Crippen molar-refractivity contribution in [2.75, 3.05) is 30.9 Å². The number of nitrogens with one attached hydrogen (secondary N) is 1. The standard InChI is InChI=1S/C15H18N4O2S/c1-21-13-8-11(4-5-12(13)19-6-2-3-7-19)9-16-18-15-17-14(20)10-22-15/h4-5,8-9H,2-3,6-7,10H2,1H3,(H,17,18,20). The monoisotopic (exact) mass is 318 g/mol. The van der Waals surface area contributed by atoms with E-state index in [1.165, 1.54) is 24.6 Å². The van der Waals surface area contributed by atoms with Crippen molar-refractivity contribution in [2.24, 2.45) is 10.2 Å². The summed E-state index contributed by atoms with van der Waals surface area (Å²) in [5.41, 5.74) is 2.04. The van der Waals surface area contributed by atoms with Crippen LogP contribution < -0.4 is 15.0 Å². The molecule has 1 aromatic carbocycles. The van der Waals surface area contributed by atoms with Crippen LogP contribution in [0.25, 0.3) is 0 Å². The van der Waals surface area contributed by atoms with Gasteiger partial charge in [0.1, 0.15) is 5.75 Å². The zero-order valence-electron chi connectivity index (χ0n) is 12.4. The molecule has 2 saturated heterocycles. The maximum atomic E-state index is 11.0. The van der Waals surface area contributed by atoms with E-state index in [9.17, 15) is 4.79 Å². The van der Waals surface area contributed by atoms with Crippen molar-refractivity contribution in [3.8, 4) is 5.75 Å². The highest BCUT2D eigenvalue weighted by atomic mass is 32.2. The quantitative estimate of drug-likeness (QED) is 0.679. The van der Waals surface area contributed by atoms with Gasteiger partial charge in [0.05, 0.1) is 24.8 Å². The number of thioether (sulfide) groups is 1. The number of benzene rings is 1. The second kappa shape index (κ2) is 6.83. The minimum Gasteiger partial charge on any atom is -0.495 e.